The van der Waals surface area contributed by atoms with Crippen LogP contribution in [0.25, 0.3) is 0 Å². The van der Waals surface area contributed by atoms with E-state index >= 15 is 0 Å². The Labute approximate surface area is 116 Å². The van der Waals surface area contributed by atoms with Gasteiger partial charge in [-0.05, 0) is 26.3 Å². The van der Waals surface area contributed by atoms with E-state index < -0.39 is 0 Å². The lowest BCUT2D eigenvalue weighted by Crippen LogP contribution is -2.41. The first-order valence-electron chi connectivity index (χ1n) is 6.97. The molecule has 1 amide bonds. The van der Waals surface area contributed by atoms with Crippen LogP contribution in [0.3, 0.4) is 0 Å². The van der Waals surface area contributed by atoms with Gasteiger partial charge in [0.2, 0.25) is 5.91 Å². The first kappa shape index (κ1) is 15.7. The number of carbonyl (C=O) groups excluding carboxylic acids is 1. The van der Waals surface area contributed by atoms with Gasteiger partial charge in [0.25, 0.3) is 0 Å². The fourth-order valence-electron chi connectivity index (χ4n) is 3.08. The van der Waals surface area contributed by atoms with Crippen LogP contribution in [-0.4, -0.2) is 61.5 Å². The van der Waals surface area contributed by atoms with Gasteiger partial charge in [-0.1, -0.05) is 12.8 Å². The fourth-order valence-corrected chi connectivity index (χ4v) is 3.08. The molecule has 0 aromatic carbocycles. The molecule has 1 heterocycles. The zero-order valence-corrected chi connectivity index (χ0v) is 12.2. The summed E-state index contributed by atoms with van der Waals surface area (Å²) < 4.78 is 0. The van der Waals surface area contributed by atoms with Crippen molar-refractivity contribution in [3.63, 3.8) is 0 Å². The van der Waals surface area contributed by atoms with Gasteiger partial charge in [0, 0.05) is 32.2 Å². The molecule has 2 rings (SSSR count). The lowest BCUT2D eigenvalue weighted by Gasteiger charge is -2.27. The molecule has 106 valence electrons. The van der Waals surface area contributed by atoms with Crippen LogP contribution < -0.4 is 5.32 Å². The average Bonchev–Trinajstić information content (AvgIpc) is 2.74. The van der Waals surface area contributed by atoms with E-state index in [4.69, 9.17) is 0 Å². The molecule has 1 saturated carbocycles. The molecule has 0 bridgehead atoms. The number of likely N-dealkylation sites (N-methyl/N-ethyl adjacent to an activating group) is 1. The number of nitrogens with zero attached hydrogens (tertiary/aromatic N) is 2. The Morgan fingerprint density at radius 2 is 1.83 bits per heavy atom. The SMILES string of the molecule is CNCC(=O)N1CCCN(C2CCCC2)CC1.Cl. The first-order chi connectivity index (χ1) is 8.31. The van der Waals surface area contributed by atoms with Crippen LogP contribution in [0.1, 0.15) is 32.1 Å². The number of amides is 1. The van der Waals surface area contributed by atoms with Crippen molar-refractivity contribution < 1.29 is 4.79 Å². The van der Waals surface area contributed by atoms with Crippen LogP contribution in [0.15, 0.2) is 0 Å². The van der Waals surface area contributed by atoms with Crippen molar-refractivity contribution in [1.29, 1.82) is 0 Å². The van der Waals surface area contributed by atoms with Crippen LogP contribution in [0, 0.1) is 0 Å². The average molecular weight is 276 g/mol. The zero-order valence-electron chi connectivity index (χ0n) is 11.4. The van der Waals surface area contributed by atoms with Crippen LogP contribution in [-0.2, 0) is 4.79 Å². The third-order valence-electron chi connectivity index (χ3n) is 4.05. The second kappa shape index (κ2) is 7.97. The fraction of sp³-hybridized carbons (Fsp3) is 0.923. The van der Waals surface area contributed by atoms with Crippen molar-refractivity contribution in [1.82, 2.24) is 15.1 Å². The van der Waals surface area contributed by atoms with E-state index in [2.05, 4.69) is 10.2 Å². The Morgan fingerprint density at radius 3 is 2.50 bits per heavy atom. The summed E-state index contributed by atoms with van der Waals surface area (Å²) in [6, 6.07) is 0.800. The summed E-state index contributed by atoms with van der Waals surface area (Å²) in [4.78, 5) is 16.5. The molecule has 0 radical (unpaired) electrons. The van der Waals surface area contributed by atoms with Gasteiger partial charge in [-0.3, -0.25) is 9.69 Å². The molecule has 1 aliphatic carbocycles. The van der Waals surface area contributed by atoms with Gasteiger partial charge in [-0.15, -0.1) is 12.4 Å². The Balaban J connectivity index is 0.00000162. The third kappa shape index (κ3) is 4.11. The smallest absolute Gasteiger partial charge is 0.236 e. The van der Waals surface area contributed by atoms with Gasteiger partial charge in [0.1, 0.15) is 0 Å². The molecule has 1 saturated heterocycles. The molecule has 0 atom stereocenters. The molecule has 1 N–H and O–H groups in total. The Bertz CT molecular complexity index is 257. The molecule has 0 aromatic rings. The van der Waals surface area contributed by atoms with Crippen molar-refractivity contribution in [3.8, 4) is 0 Å². The predicted octanol–water partition coefficient (Wildman–Crippen LogP) is 1.10. The summed E-state index contributed by atoms with van der Waals surface area (Å²) in [5, 5.41) is 2.95. The first-order valence-corrected chi connectivity index (χ1v) is 6.97. The highest BCUT2D eigenvalue weighted by atomic mass is 35.5. The molecule has 5 heteroatoms. The van der Waals surface area contributed by atoms with Crippen molar-refractivity contribution in [2.24, 2.45) is 0 Å². The van der Waals surface area contributed by atoms with Gasteiger partial charge in [-0.25, -0.2) is 0 Å². The highest BCUT2D eigenvalue weighted by Crippen LogP contribution is 2.24. The zero-order chi connectivity index (χ0) is 12.1. The Hall–Kier alpha value is -0.320. The van der Waals surface area contributed by atoms with E-state index in [0.29, 0.717) is 6.54 Å². The quantitative estimate of drug-likeness (QED) is 0.838. The summed E-state index contributed by atoms with van der Waals surface area (Å²) in [5.74, 6) is 0.251. The minimum Gasteiger partial charge on any atom is -0.340 e. The van der Waals surface area contributed by atoms with Crippen LogP contribution in [0.4, 0.5) is 0 Å². The molecule has 18 heavy (non-hydrogen) atoms. The molecule has 0 spiro atoms. The van der Waals surface area contributed by atoms with E-state index in [1.54, 1.807) is 0 Å². The summed E-state index contributed by atoms with van der Waals surface area (Å²) >= 11 is 0. The molecule has 2 fully saturated rings. The number of nitrogens with one attached hydrogen (secondary N) is 1. The second-order valence-electron chi connectivity index (χ2n) is 5.24. The normalized spacial score (nSPS) is 22.6. The molecule has 2 aliphatic rings. The predicted molar refractivity (Wildman–Crippen MR) is 76.2 cm³/mol. The van der Waals surface area contributed by atoms with Gasteiger partial charge in [-0.2, -0.15) is 0 Å². The van der Waals surface area contributed by atoms with E-state index in [9.17, 15) is 4.79 Å². The topological polar surface area (TPSA) is 35.6 Å². The molecular formula is C13H26ClN3O. The van der Waals surface area contributed by atoms with E-state index in [-0.39, 0.29) is 18.3 Å². The standard InChI is InChI=1S/C13H25N3O.ClH/c1-14-11-13(17)16-8-4-7-15(9-10-16)12-5-2-3-6-12;/h12,14H,2-11H2,1H3;1H. The number of rotatable bonds is 3. The number of hydrogen-bond acceptors (Lipinski definition) is 3. The van der Waals surface area contributed by atoms with Crippen molar-refractivity contribution >= 4 is 18.3 Å². The van der Waals surface area contributed by atoms with Gasteiger partial charge >= 0.3 is 0 Å². The van der Waals surface area contributed by atoms with E-state index in [1.807, 2.05) is 11.9 Å². The molecular weight excluding hydrogens is 250 g/mol. The van der Waals surface area contributed by atoms with Gasteiger partial charge in [0.05, 0.1) is 6.54 Å². The van der Waals surface area contributed by atoms with E-state index in [0.717, 1.165) is 32.1 Å². The maximum absolute atomic E-state index is 11.8. The number of carbonyl (C=O) groups is 1. The lowest BCUT2D eigenvalue weighted by molar-refractivity contribution is -0.130. The largest absolute Gasteiger partial charge is 0.340 e. The number of hydrogen-bond donors (Lipinski definition) is 1. The number of halogens is 1. The van der Waals surface area contributed by atoms with Gasteiger partial charge < -0.3 is 10.2 Å². The van der Waals surface area contributed by atoms with Crippen LogP contribution in [0.2, 0.25) is 0 Å². The molecule has 0 aromatic heterocycles. The highest BCUT2D eigenvalue weighted by molar-refractivity contribution is 5.85. The summed E-state index contributed by atoms with van der Waals surface area (Å²) in [6.45, 7) is 4.57. The van der Waals surface area contributed by atoms with Crippen molar-refractivity contribution in [2.45, 2.75) is 38.1 Å². The Kier molecular flexibility index (Phi) is 6.97. The van der Waals surface area contributed by atoms with Crippen molar-refractivity contribution in [2.75, 3.05) is 39.8 Å². The molecule has 1 aliphatic heterocycles. The Morgan fingerprint density at radius 1 is 1.11 bits per heavy atom. The monoisotopic (exact) mass is 275 g/mol. The summed E-state index contributed by atoms with van der Waals surface area (Å²) in [6.07, 6.45) is 6.65. The third-order valence-corrected chi connectivity index (χ3v) is 4.05. The van der Waals surface area contributed by atoms with Crippen molar-refractivity contribution in [3.05, 3.63) is 0 Å². The minimum absolute atomic E-state index is 0. The van der Waals surface area contributed by atoms with E-state index in [1.165, 1.54) is 32.2 Å². The minimum atomic E-state index is 0. The summed E-state index contributed by atoms with van der Waals surface area (Å²) in [7, 11) is 1.83. The maximum atomic E-state index is 11.8. The van der Waals surface area contributed by atoms with Crippen LogP contribution in [0.5, 0.6) is 0 Å². The maximum Gasteiger partial charge on any atom is 0.236 e. The second-order valence-corrected chi connectivity index (χ2v) is 5.24. The highest BCUT2D eigenvalue weighted by Gasteiger charge is 2.25. The lowest BCUT2D eigenvalue weighted by atomic mass is 10.2. The molecule has 4 nitrogen and oxygen atoms in total. The summed E-state index contributed by atoms with van der Waals surface area (Å²) in [5.41, 5.74) is 0. The molecule has 0 unspecified atom stereocenters. The van der Waals surface area contributed by atoms with Crippen LogP contribution >= 0.6 is 12.4 Å². The van der Waals surface area contributed by atoms with Gasteiger partial charge in [0.15, 0.2) is 0 Å².